The Balaban J connectivity index is 1.73. The Bertz CT molecular complexity index is 761. The van der Waals surface area contributed by atoms with Crippen molar-refractivity contribution in [1.29, 1.82) is 0 Å². The van der Waals surface area contributed by atoms with E-state index < -0.39 is 0 Å². The summed E-state index contributed by atoms with van der Waals surface area (Å²) in [6.45, 7) is 3.83. The molecule has 28 heavy (non-hydrogen) atoms. The first-order valence-electron chi connectivity index (χ1n) is 9.61. The van der Waals surface area contributed by atoms with Crippen LogP contribution < -0.4 is 14.8 Å². The molecule has 0 atom stereocenters. The van der Waals surface area contributed by atoms with Crippen LogP contribution in [0.25, 0.3) is 0 Å². The van der Waals surface area contributed by atoms with E-state index in [-0.39, 0.29) is 0 Å². The van der Waals surface area contributed by atoms with Gasteiger partial charge in [0.15, 0.2) is 17.5 Å². The molecule has 1 N–H and O–H groups in total. The van der Waals surface area contributed by atoms with Gasteiger partial charge in [0.05, 0.1) is 19.2 Å². The minimum Gasteiger partial charge on any atom is -0.493 e. The van der Waals surface area contributed by atoms with Gasteiger partial charge >= 0.3 is 0 Å². The molecule has 2 rings (SSSR count). The van der Waals surface area contributed by atoms with Crippen LogP contribution in [0.1, 0.15) is 29.1 Å². The lowest BCUT2D eigenvalue weighted by Gasteiger charge is -2.22. The molecule has 1 aromatic heterocycles. The van der Waals surface area contributed by atoms with Crippen LogP contribution >= 0.6 is 11.3 Å². The van der Waals surface area contributed by atoms with Gasteiger partial charge in [-0.2, -0.15) is 0 Å². The molecular formula is C21H32N4O2S. The Labute approximate surface area is 172 Å². The maximum absolute atomic E-state index is 5.38. The topological polar surface area (TPSA) is 59.0 Å². The molecule has 1 aromatic carbocycles. The minimum absolute atomic E-state index is 0.755. The number of likely N-dealkylation sites (N-methyl/N-ethyl adjacent to an activating group) is 1. The molecular weight excluding hydrogens is 372 g/mol. The number of benzene rings is 1. The predicted molar refractivity (Wildman–Crippen MR) is 117 cm³/mol. The van der Waals surface area contributed by atoms with E-state index in [4.69, 9.17) is 9.47 Å². The summed E-state index contributed by atoms with van der Waals surface area (Å²) in [5.74, 6) is 2.44. The van der Waals surface area contributed by atoms with Crippen molar-refractivity contribution in [2.24, 2.45) is 4.99 Å². The molecule has 0 aliphatic heterocycles. The van der Waals surface area contributed by atoms with E-state index in [9.17, 15) is 0 Å². The molecule has 0 amide bonds. The van der Waals surface area contributed by atoms with Gasteiger partial charge in [-0.1, -0.05) is 6.07 Å². The molecule has 1 heterocycles. The first-order chi connectivity index (χ1) is 13.6. The number of hydrogen-bond acceptors (Lipinski definition) is 5. The number of unbranched alkanes of at least 4 members (excludes halogenated alkanes) is 1. The van der Waals surface area contributed by atoms with Gasteiger partial charge in [0.1, 0.15) is 0 Å². The second kappa shape index (κ2) is 11.5. The zero-order chi connectivity index (χ0) is 20.4. The highest BCUT2D eigenvalue weighted by Gasteiger charge is 2.08. The Morgan fingerprint density at radius 3 is 2.61 bits per heavy atom. The average Bonchev–Trinajstić information content (AvgIpc) is 3.13. The van der Waals surface area contributed by atoms with Crippen LogP contribution in [0.4, 0.5) is 0 Å². The molecule has 0 unspecified atom stereocenters. The Hall–Kier alpha value is -2.28. The van der Waals surface area contributed by atoms with E-state index >= 15 is 0 Å². The van der Waals surface area contributed by atoms with Gasteiger partial charge in [-0.05, 0) is 50.3 Å². The van der Waals surface area contributed by atoms with E-state index in [1.165, 1.54) is 10.6 Å². The van der Waals surface area contributed by atoms with Crippen molar-refractivity contribution in [2.45, 2.75) is 32.6 Å². The van der Waals surface area contributed by atoms with Crippen LogP contribution in [-0.2, 0) is 12.8 Å². The van der Waals surface area contributed by atoms with Crippen LogP contribution in [0.15, 0.2) is 28.6 Å². The van der Waals surface area contributed by atoms with Crippen molar-refractivity contribution in [3.05, 3.63) is 39.8 Å². The van der Waals surface area contributed by atoms with Gasteiger partial charge in [-0.3, -0.25) is 4.99 Å². The summed E-state index contributed by atoms with van der Waals surface area (Å²) in [5, 5.41) is 6.80. The second-order valence-corrected chi connectivity index (χ2v) is 7.62. The predicted octanol–water partition coefficient (Wildman–Crippen LogP) is 3.54. The summed E-state index contributed by atoms with van der Waals surface area (Å²) >= 11 is 1.75. The van der Waals surface area contributed by atoms with Crippen LogP contribution in [-0.4, -0.2) is 57.2 Å². The molecule has 0 bridgehead atoms. The Kier molecular flexibility index (Phi) is 9.07. The molecule has 154 valence electrons. The zero-order valence-electron chi connectivity index (χ0n) is 17.6. The van der Waals surface area contributed by atoms with Crippen molar-refractivity contribution in [3.8, 4) is 11.5 Å². The maximum Gasteiger partial charge on any atom is 0.193 e. The molecule has 0 saturated heterocycles. The highest BCUT2D eigenvalue weighted by atomic mass is 32.1. The number of aryl methyl sites for hydroxylation is 2. The van der Waals surface area contributed by atoms with Gasteiger partial charge in [-0.15, -0.1) is 11.3 Å². The van der Waals surface area contributed by atoms with Crippen molar-refractivity contribution < 1.29 is 9.47 Å². The number of guanidine groups is 1. The lowest BCUT2D eigenvalue weighted by Crippen LogP contribution is -2.40. The van der Waals surface area contributed by atoms with Gasteiger partial charge in [-0.25, -0.2) is 4.98 Å². The number of aliphatic imine (C=N–C) groups is 1. The van der Waals surface area contributed by atoms with Crippen LogP contribution in [0.2, 0.25) is 0 Å². The Morgan fingerprint density at radius 1 is 1.18 bits per heavy atom. The van der Waals surface area contributed by atoms with E-state index in [1.54, 1.807) is 25.6 Å². The normalized spacial score (nSPS) is 11.4. The highest BCUT2D eigenvalue weighted by molar-refractivity contribution is 7.09. The molecule has 0 fully saturated rings. The molecule has 2 aromatic rings. The molecule has 6 nitrogen and oxygen atoms in total. The fourth-order valence-electron chi connectivity index (χ4n) is 2.94. The third-order valence-corrected chi connectivity index (χ3v) is 5.55. The number of nitrogens with one attached hydrogen (secondary N) is 1. The summed E-state index contributed by atoms with van der Waals surface area (Å²) in [6, 6.07) is 6.06. The summed E-state index contributed by atoms with van der Waals surface area (Å²) in [7, 11) is 7.20. The zero-order valence-corrected chi connectivity index (χ0v) is 18.4. The number of ether oxygens (including phenoxy) is 2. The first kappa shape index (κ1) is 22.0. The van der Waals surface area contributed by atoms with Crippen molar-refractivity contribution in [1.82, 2.24) is 15.2 Å². The minimum atomic E-state index is 0.755. The monoisotopic (exact) mass is 404 g/mol. The van der Waals surface area contributed by atoms with Crippen molar-refractivity contribution >= 4 is 17.3 Å². The number of rotatable bonds is 10. The van der Waals surface area contributed by atoms with Gasteiger partial charge in [0.25, 0.3) is 0 Å². The van der Waals surface area contributed by atoms with Gasteiger partial charge in [0, 0.05) is 38.3 Å². The van der Waals surface area contributed by atoms with Crippen LogP contribution in [0.5, 0.6) is 11.5 Å². The third-order valence-electron chi connectivity index (χ3n) is 4.52. The third kappa shape index (κ3) is 6.71. The largest absolute Gasteiger partial charge is 0.493 e. The lowest BCUT2D eigenvalue weighted by molar-refractivity contribution is 0.354. The van der Waals surface area contributed by atoms with Gasteiger partial charge < -0.3 is 19.7 Å². The number of nitrogens with zero attached hydrogens (tertiary/aromatic N) is 3. The molecule has 0 aliphatic rings. The van der Waals surface area contributed by atoms with Crippen molar-refractivity contribution in [2.75, 3.05) is 41.4 Å². The number of aromatic nitrogens is 1. The lowest BCUT2D eigenvalue weighted by atomic mass is 10.1. The van der Waals surface area contributed by atoms with Crippen molar-refractivity contribution in [3.63, 3.8) is 0 Å². The quantitative estimate of drug-likeness (QED) is 0.373. The van der Waals surface area contributed by atoms with Gasteiger partial charge in [0.2, 0.25) is 0 Å². The molecule has 0 aliphatic carbocycles. The number of thiazole rings is 1. The second-order valence-electron chi connectivity index (χ2n) is 6.67. The fourth-order valence-corrected chi connectivity index (χ4v) is 3.76. The number of methoxy groups -OCH3 is 2. The van der Waals surface area contributed by atoms with E-state index in [0.717, 1.165) is 61.9 Å². The van der Waals surface area contributed by atoms with Crippen LogP contribution in [0.3, 0.4) is 0 Å². The molecule has 0 radical (unpaired) electrons. The molecule has 0 spiro atoms. The highest BCUT2D eigenvalue weighted by Crippen LogP contribution is 2.27. The standard InChI is InChI=1S/C21H32N4O2S/c1-16-15-28-20(24-16)8-6-7-12-23-21(22-2)25(3)13-11-17-9-10-18(26-4)19(14-17)27-5/h9-10,14-15H,6-8,11-13H2,1-5H3,(H,22,23). The fraction of sp³-hybridized carbons (Fsp3) is 0.524. The first-order valence-corrected chi connectivity index (χ1v) is 10.5. The molecule has 0 saturated carbocycles. The Morgan fingerprint density at radius 2 is 1.96 bits per heavy atom. The van der Waals surface area contributed by atoms with E-state index in [1.807, 2.05) is 26.1 Å². The average molecular weight is 405 g/mol. The van der Waals surface area contributed by atoms with E-state index in [0.29, 0.717) is 0 Å². The molecule has 7 heteroatoms. The SMILES string of the molecule is CN=C(NCCCCc1nc(C)cs1)N(C)CCc1ccc(OC)c(OC)c1. The summed E-state index contributed by atoms with van der Waals surface area (Å²) in [6.07, 6.45) is 4.18. The maximum atomic E-state index is 5.38. The number of hydrogen-bond donors (Lipinski definition) is 1. The van der Waals surface area contributed by atoms with E-state index in [2.05, 4.69) is 38.7 Å². The summed E-state index contributed by atoms with van der Waals surface area (Å²) in [4.78, 5) is 11.1. The summed E-state index contributed by atoms with van der Waals surface area (Å²) < 4.78 is 10.7. The van der Waals surface area contributed by atoms with Crippen LogP contribution in [0, 0.1) is 6.92 Å². The smallest absolute Gasteiger partial charge is 0.193 e. The summed E-state index contributed by atoms with van der Waals surface area (Å²) in [5.41, 5.74) is 2.33.